The van der Waals surface area contributed by atoms with Gasteiger partial charge in [-0.2, -0.15) is 0 Å². The van der Waals surface area contributed by atoms with Crippen molar-refractivity contribution < 1.29 is 14.3 Å². The lowest BCUT2D eigenvalue weighted by molar-refractivity contribution is -0.171. The zero-order valence-electron chi connectivity index (χ0n) is 12.3. The van der Waals surface area contributed by atoms with E-state index in [1.807, 2.05) is 6.08 Å². The number of ether oxygens (including phenoxy) is 2. The normalized spacial score (nSPS) is 41.4. The van der Waals surface area contributed by atoms with Gasteiger partial charge in [0.2, 0.25) is 0 Å². The molecule has 3 nitrogen and oxygen atoms in total. The molecule has 0 aromatic carbocycles. The molecule has 0 radical (unpaired) electrons. The molecule has 0 saturated carbocycles. The van der Waals surface area contributed by atoms with Crippen LogP contribution in [-0.2, 0) is 14.3 Å². The smallest absolute Gasteiger partial charge is 0.302 e. The Labute approximate surface area is 115 Å². The second kappa shape index (κ2) is 5.12. The quantitative estimate of drug-likeness (QED) is 0.580. The number of carbonyl (C=O) groups excluding carboxylic acids is 1. The van der Waals surface area contributed by atoms with E-state index in [4.69, 9.17) is 9.47 Å². The lowest BCUT2D eigenvalue weighted by Crippen LogP contribution is -2.56. The van der Waals surface area contributed by atoms with Crippen LogP contribution < -0.4 is 0 Å². The maximum atomic E-state index is 11.1. The Hall–Kier alpha value is -1.09. The van der Waals surface area contributed by atoms with Gasteiger partial charge in [0.25, 0.3) is 0 Å². The molecule has 2 bridgehead atoms. The molecule has 1 heterocycles. The number of hydrogen-bond acceptors (Lipinski definition) is 3. The summed E-state index contributed by atoms with van der Waals surface area (Å²) >= 11 is 0. The molecule has 106 valence electrons. The topological polar surface area (TPSA) is 35.5 Å². The highest BCUT2D eigenvalue weighted by molar-refractivity contribution is 5.65. The fourth-order valence-electron chi connectivity index (χ4n) is 3.75. The Morgan fingerprint density at radius 1 is 1.63 bits per heavy atom. The van der Waals surface area contributed by atoms with E-state index in [9.17, 15) is 4.79 Å². The monoisotopic (exact) mass is 264 g/mol. The highest BCUT2D eigenvalue weighted by Gasteiger charge is 2.53. The summed E-state index contributed by atoms with van der Waals surface area (Å²) in [5.41, 5.74) is 1.26. The Morgan fingerprint density at radius 3 is 2.89 bits per heavy atom. The Kier molecular flexibility index (Phi) is 3.86. The highest BCUT2D eigenvalue weighted by Crippen LogP contribution is 2.52. The van der Waals surface area contributed by atoms with Crippen LogP contribution in [0.15, 0.2) is 24.3 Å². The van der Waals surface area contributed by atoms with Gasteiger partial charge in [0, 0.05) is 18.3 Å². The van der Waals surface area contributed by atoms with Crippen LogP contribution in [0, 0.1) is 23.2 Å². The summed E-state index contributed by atoms with van der Waals surface area (Å²) in [6.07, 6.45) is 4.28. The largest absolute Gasteiger partial charge is 0.465 e. The number of rotatable bonds is 3. The number of fused-ring (bicyclic) bond motifs is 2. The van der Waals surface area contributed by atoms with Crippen molar-refractivity contribution in [2.75, 3.05) is 13.2 Å². The van der Waals surface area contributed by atoms with Crippen molar-refractivity contribution in [3.63, 3.8) is 0 Å². The predicted molar refractivity (Wildman–Crippen MR) is 74.6 cm³/mol. The molecule has 1 fully saturated rings. The molecule has 0 aromatic heterocycles. The first-order valence-electron chi connectivity index (χ1n) is 6.98. The Bertz CT molecular complexity index is 412. The average molecular weight is 264 g/mol. The molecule has 1 aliphatic heterocycles. The van der Waals surface area contributed by atoms with Crippen molar-refractivity contribution in [3.05, 3.63) is 24.3 Å². The molecule has 2 rings (SSSR count). The van der Waals surface area contributed by atoms with Crippen molar-refractivity contribution in [2.45, 2.75) is 33.8 Å². The molecule has 1 saturated heterocycles. The molecule has 0 spiro atoms. The van der Waals surface area contributed by atoms with Crippen molar-refractivity contribution >= 4 is 5.97 Å². The zero-order valence-corrected chi connectivity index (χ0v) is 12.3. The van der Waals surface area contributed by atoms with Crippen LogP contribution in [0.3, 0.4) is 0 Å². The standard InChI is InChI=1S/C16H24O3/c1-6-14-15-10(2)7-11(3)16(9-19-14,12(15)4)8-18-13(5)17/h6-7,11-12,14-15H,1,8-9H2,2-5H3. The van der Waals surface area contributed by atoms with E-state index in [2.05, 4.69) is 33.4 Å². The van der Waals surface area contributed by atoms with Crippen LogP contribution >= 0.6 is 0 Å². The van der Waals surface area contributed by atoms with Crippen LogP contribution in [0.1, 0.15) is 27.7 Å². The van der Waals surface area contributed by atoms with Gasteiger partial charge in [-0.15, -0.1) is 6.58 Å². The molecule has 0 amide bonds. The Balaban J connectivity index is 2.33. The van der Waals surface area contributed by atoms with E-state index in [0.29, 0.717) is 31.0 Å². The second-order valence-electron chi connectivity index (χ2n) is 6.04. The van der Waals surface area contributed by atoms with Crippen LogP contribution in [0.4, 0.5) is 0 Å². The summed E-state index contributed by atoms with van der Waals surface area (Å²) in [6.45, 7) is 13.0. The predicted octanol–water partition coefficient (Wildman–Crippen LogP) is 2.97. The van der Waals surface area contributed by atoms with Gasteiger partial charge >= 0.3 is 5.97 Å². The van der Waals surface area contributed by atoms with E-state index in [1.54, 1.807) is 0 Å². The summed E-state index contributed by atoms with van der Waals surface area (Å²) in [7, 11) is 0. The van der Waals surface area contributed by atoms with Gasteiger partial charge in [0.05, 0.1) is 19.3 Å². The summed E-state index contributed by atoms with van der Waals surface area (Å²) < 4.78 is 11.3. The van der Waals surface area contributed by atoms with Crippen molar-refractivity contribution in [2.24, 2.45) is 23.2 Å². The summed E-state index contributed by atoms with van der Waals surface area (Å²) in [6, 6.07) is 0. The van der Waals surface area contributed by atoms with Gasteiger partial charge in [-0.3, -0.25) is 4.79 Å². The van der Waals surface area contributed by atoms with Crippen LogP contribution in [0.2, 0.25) is 0 Å². The van der Waals surface area contributed by atoms with Crippen LogP contribution in [-0.4, -0.2) is 25.3 Å². The van der Waals surface area contributed by atoms with Gasteiger partial charge in [0.15, 0.2) is 0 Å². The minimum atomic E-state index is -0.220. The molecular weight excluding hydrogens is 240 g/mol. The molecule has 3 heteroatoms. The minimum absolute atomic E-state index is 0.0733. The van der Waals surface area contributed by atoms with Crippen LogP contribution in [0.5, 0.6) is 0 Å². The molecule has 19 heavy (non-hydrogen) atoms. The SMILES string of the molecule is C=CC1OCC2(COC(C)=O)C(C)C=C(C)C1C2C. The molecule has 0 N–H and O–H groups in total. The van der Waals surface area contributed by atoms with E-state index in [0.717, 1.165) is 0 Å². The third kappa shape index (κ3) is 2.25. The maximum absolute atomic E-state index is 11.1. The molecular formula is C16H24O3. The maximum Gasteiger partial charge on any atom is 0.302 e. The lowest BCUT2D eigenvalue weighted by atomic mass is 9.56. The van der Waals surface area contributed by atoms with Gasteiger partial charge in [0.1, 0.15) is 0 Å². The number of esters is 1. The number of allylic oxidation sites excluding steroid dienone is 1. The second-order valence-corrected chi connectivity index (χ2v) is 6.04. The van der Waals surface area contributed by atoms with Gasteiger partial charge in [-0.25, -0.2) is 0 Å². The number of hydrogen-bond donors (Lipinski definition) is 0. The fourth-order valence-corrected chi connectivity index (χ4v) is 3.75. The summed E-state index contributed by atoms with van der Waals surface area (Å²) in [5, 5.41) is 0. The van der Waals surface area contributed by atoms with Crippen LogP contribution in [0.25, 0.3) is 0 Å². The van der Waals surface area contributed by atoms with Crippen molar-refractivity contribution in [1.82, 2.24) is 0 Å². The third-order valence-corrected chi connectivity index (χ3v) is 5.07. The third-order valence-electron chi connectivity index (χ3n) is 5.07. The van der Waals surface area contributed by atoms with Gasteiger partial charge < -0.3 is 9.47 Å². The fraction of sp³-hybridized carbons (Fsp3) is 0.688. The first-order valence-corrected chi connectivity index (χ1v) is 6.98. The average Bonchev–Trinajstić information content (AvgIpc) is 2.34. The highest BCUT2D eigenvalue weighted by atomic mass is 16.5. The van der Waals surface area contributed by atoms with E-state index in [1.165, 1.54) is 12.5 Å². The summed E-state index contributed by atoms with van der Waals surface area (Å²) in [5.74, 6) is 0.896. The van der Waals surface area contributed by atoms with E-state index >= 15 is 0 Å². The number of carbonyl (C=O) groups is 1. The molecule has 2 aliphatic rings. The van der Waals surface area contributed by atoms with Crippen molar-refractivity contribution in [1.29, 1.82) is 0 Å². The first-order chi connectivity index (χ1) is 8.92. The minimum Gasteiger partial charge on any atom is -0.465 e. The van der Waals surface area contributed by atoms with Gasteiger partial charge in [-0.1, -0.05) is 31.6 Å². The molecule has 0 aromatic rings. The molecule has 1 aliphatic carbocycles. The first kappa shape index (κ1) is 14.3. The molecule has 5 atom stereocenters. The molecule has 5 unspecified atom stereocenters. The summed E-state index contributed by atoms with van der Waals surface area (Å²) in [4.78, 5) is 11.1. The lowest BCUT2D eigenvalue weighted by Gasteiger charge is -2.54. The van der Waals surface area contributed by atoms with E-state index < -0.39 is 0 Å². The zero-order chi connectivity index (χ0) is 14.2. The Morgan fingerprint density at radius 2 is 2.32 bits per heavy atom. The van der Waals surface area contributed by atoms with Crippen molar-refractivity contribution in [3.8, 4) is 0 Å². The van der Waals surface area contributed by atoms with Gasteiger partial charge in [-0.05, 0) is 18.8 Å². The van der Waals surface area contributed by atoms with E-state index in [-0.39, 0.29) is 17.5 Å².